The van der Waals surface area contributed by atoms with E-state index in [-0.39, 0.29) is 29.8 Å². The Balaban J connectivity index is 0.864. The van der Waals surface area contributed by atoms with Crippen molar-refractivity contribution >= 4 is 11.9 Å². The predicted octanol–water partition coefficient (Wildman–Crippen LogP) is 6.51. The lowest BCUT2D eigenvalue weighted by Gasteiger charge is -2.61. The van der Waals surface area contributed by atoms with Gasteiger partial charge in [-0.1, -0.05) is 47.0 Å². The maximum absolute atomic E-state index is 14.1. The molecule has 5 saturated carbocycles. The number of likely N-dealkylation sites (N-methyl/N-ethyl adjacent to an activating group) is 1. The third-order valence-corrected chi connectivity index (χ3v) is 17.2. The lowest BCUT2D eigenvalue weighted by atomic mass is 9.44. The predicted molar refractivity (Wildman–Crippen MR) is 205 cm³/mol. The van der Waals surface area contributed by atoms with E-state index >= 15 is 0 Å². The van der Waals surface area contributed by atoms with Gasteiger partial charge in [0, 0.05) is 63.7 Å². The second kappa shape index (κ2) is 14.9. The maximum atomic E-state index is 14.1. The minimum Gasteiger partial charge on any atom is -0.353 e. The van der Waals surface area contributed by atoms with E-state index in [0.29, 0.717) is 60.2 Å². The summed E-state index contributed by atoms with van der Waals surface area (Å²) < 4.78 is 13.6. The van der Waals surface area contributed by atoms with E-state index < -0.39 is 0 Å². The molecule has 9 nitrogen and oxygen atoms in total. The van der Waals surface area contributed by atoms with Crippen LogP contribution in [0.15, 0.2) is 0 Å². The van der Waals surface area contributed by atoms with E-state index in [2.05, 4.69) is 60.1 Å². The number of nitrogens with zero attached hydrogens (tertiary/aromatic N) is 3. The number of carbonyl (C=O) groups excluding carboxylic acids is 2. The van der Waals surface area contributed by atoms with Crippen LogP contribution in [0.4, 0.5) is 4.79 Å². The number of hydrogen-bond donors (Lipinski definition) is 2. The number of fused-ring (bicyclic) bond motifs is 7. The molecule has 0 bridgehead atoms. The average Bonchev–Trinajstić information content (AvgIpc) is 3.58. The normalized spacial score (nSPS) is 45.4. The summed E-state index contributed by atoms with van der Waals surface area (Å²) in [5.74, 6) is 4.56. The number of piperazine rings is 1. The standard InChI is InChI=1S/C43H73N5O4/c1-29-13-18-43(51-28-29)30(2)39-37(52-43)26-36-34-12-11-31-25-32(14-16-41(31,3)35(34)15-17-42(36,39)4)45-40(50)48(33-9-7-6-8-10-33)20-19-44-38(49)27-47-23-21-46(5)22-24-47/h29-37,39H,6-28H2,1-5H3,(H,44,49)(H,45,50)/t29-,30-,31+,32+,34+,35?,36?,37-,39-,41-,42-,43+/m0/s1. The average molecular weight is 724 g/mol. The third kappa shape index (κ3) is 6.86. The molecule has 12 atom stereocenters. The van der Waals surface area contributed by atoms with Crippen LogP contribution in [0, 0.1) is 52.3 Å². The van der Waals surface area contributed by atoms with Crippen molar-refractivity contribution in [2.24, 2.45) is 52.3 Å². The lowest BCUT2D eigenvalue weighted by Crippen LogP contribution is -2.57. The molecule has 0 aromatic heterocycles. The highest BCUT2D eigenvalue weighted by Gasteiger charge is 2.69. The quantitative estimate of drug-likeness (QED) is 0.312. The highest BCUT2D eigenvalue weighted by molar-refractivity contribution is 5.78. The highest BCUT2D eigenvalue weighted by Crippen LogP contribution is 2.71. The molecule has 0 radical (unpaired) electrons. The molecule has 1 spiro atoms. The molecular formula is C43H73N5O4. The van der Waals surface area contributed by atoms with E-state index in [9.17, 15) is 9.59 Å². The van der Waals surface area contributed by atoms with Crippen molar-refractivity contribution in [1.29, 1.82) is 0 Å². The fraction of sp³-hybridized carbons (Fsp3) is 0.953. The smallest absolute Gasteiger partial charge is 0.317 e. The molecule has 52 heavy (non-hydrogen) atoms. The Morgan fingerprint density at radius 3 is 2.37 bits per heavy atom. The number of amides is 3. The molecule has 8 rings (SSSR count). The van der Waals surface area contributed by atoms with Crippen LogP contribution in [0.5, 0.6) is 0 Å². The number of nitrogens with one attached hydrogen (secondary N) is 2. The van der Waals surface area contributed by atoms with E-state index in [1.165, 1.54) is 64.2 Å². The van der Waals surface area contributed by atoms with Crippen LogP contribution in [0.1, 0.15) is 124 Å². The first-order valence-corrected chi connectivity index (χ1v) is 22.1. The molecule has 5 aliphatic carbocycles. The number of urea groups is 1. The second-order valence-corrected chi connectivity index (χ2v) is 20.0. The summed E-state index contributed by atoms with van der Waals surface area (Å²) in [6, 6.07) is 0.643. The molecule has 3 saturated heterocycles. The van der Waals surface area contributed by atoms with E-state index in [0.717, 1.165) is 82.6 Å². The van der Waals surface area contributed by atoms with Gasteiger partial charge in [0.05, 0.1) is 19.3 Å². The zero-order valence-electron chi connectivity index (χ0n) is 33.5. The molecule has 8 aliphatic rings. The summed E-state index contributed by atoms with van der Waals surface area (Å²) in [5.41, 5.74) is 0.735. The van der Waals surface area contributed by atoms with Crippen LogP contribution in [-0.4, -0.2) is 110 Å². The Labute approximate surface area is 315 Å². The van der Waals surface area contributed by atoms with Gasteiger partial charge in [0.1, 0.15) is 0 Å². The first-order chi connectivity index (χ1) is 25.0. The van der Waals surface area contributed by atoms with Gasteiger partial charge >= 0.3 is 6.03 Å². The molecule has 2 N–H and O–H groups in total. The van der Waals surface area contributed by atoms with Crippen LogP contribution >= 0.6 is 0 Å². The molecule has 3 heterocycles. The van der Waals surface area contributed by atoms with Gasteiger partial charge in [-0.3, -0.25) is 9.69 Å². The molecule has 2 unspecified atom stereocenters. The summed E-state index contributed by atoms with van der Waals surface area (Å²) in [4.78, 5) is 33.6. The largest absolute Gasteiger partial charge is 0.353 e. The third-order valence-electron chi connectivity index (χ3n) is 17.2. The molecular weight excluding hydrogens is 651 g/mol. The van der Waals surface area contributed by atoms with Crippen molar-refractivity contribution in [3.8, 4) is 0 Å². The van der Waals surface area contributed by atoms with Crippen LogP contribution in [0.25, 0.3) is 0 Å². The van der Waals surface area contributed by atoms with Crippen LogP contribution in [-0.2, 0) is 14.3 Å². The van der Waals surface area contributed by atoms with Crippen LogP contribution < -0.4 is 10.6 Å². The number of ether oxygens (including phenoxy) is 2. The molecule has 0 aromatic carbocycles. The molecule has 9 heteroatoms. The van der Waals surface area contributed by atoms with Crippen LogP contribution in [0.3, 0.4) is 0 Å². The molecule has 294 valence electrons. The van der Waals surface area contributed by atoms with Crippen molar-refractivity contribution < 1.29 is 19.1 Å². The molecule has 3 amide bonds. The van der Waals surface area contributed by atoms with E-state index in [1.807, 2.05) is 0 Å². The van der Waals surface area contributed by atoms with E-state index in [4.69, 9.17) is 9.47 Å². The lowest BCUT2D eigenvalue weighted by molar-refractivity contribution is -0.273. The Bertz CT molecular complexity index is 1280. The summed E-state index contributed by atoms with van der Waals surface area (Å²) >= 11 is 0. The summed E-state index contributed by atoms with van der Waals surface area (Å²) in [6.45, 7) is 16.4. The van der Waals surface area contributed by atoms with Crippen molar-refractivity contribution in [3.63, 3.8) is 0 Å². The Hall–Kier alpha value is -1.42. The minimum atomic E-state index is -0.329. The molecule has 3 aliphatic heterocycles. The number of hydrogen-bond acceptors (Lipinski definition) is 6. The van der Waals surface area contributed by atoms with Crippen LogP contribution in [0.2, 0.25) is 0 Å². The van der Waals surface area contributed by atoms with Gasteiger partial charge in [-0.25, -0.2) is 4.79 Å². The van der Waals surface area contributed by atoms with Gasteiger partial charge in [-0.15, -0.1) is 0 Å². The topological polar surface area (TPSA) is 86.4 Å². The number of rotatable bonds is 7. The Morgan fingerprint density at radius 1 is 0.846 bits per heavy atom. The monoisotopic (exact) mass is 724 g/mol. The van der Waals surface area contributed by atoms with Gasteiger partial charge in [0.2, 0.25) is 5.91 Å². The van der Waals surface area contributed by atoms with Gasteiger partial charge in [-0.2, -0.15) is 0 Å². The molecule has 0 aromatic rings. The molecule has 8 fully saturated rings. The zero-order valence-corrected chi connectivity index (χ0v) is 33.5. The summed E-state index contributed by atoms with van der Waals surface area (Å²) in [7, 11) is 2.14. The van der Waals surface area contributed by atoms with Crippen molar-refractivity contribution in [3.05, 3.63) is 0 Å². The van der Waals surface area contributed by atoms with Gasteiger partial charge in [0.15, 0.2) is 5.79 Å². The fourth-order valence-corrected chi connectivity index (χ4v) is 14.1. The summed E-state index contributed by atoms with van der Waals surface area (Å²) in [6.07, 6.45) is 18.5. The minimum absolute atomic E-state index is 0.0819. The highest BCUT2D eigenvalue weighted by atomic mass is 16.7. The summed E-state index contributed by atoms with van der Waals surface area (Å²) in [5, 5.41) is 6.74. The van der Waals surface area contributed by atoms with Crippen molar-refractivity contribution in [2.45, 2.75) is 148 Å². The first-order valence-electron chi connectivity index (χ1n) is 22.1. The second-order valence-electron chi connectivity index (χ2n) is 20.0. The zero-order chi connectivity index (χ0) is 36.3. The van der Waals surface area contributed by atoms with E-state index in [1.54, 1.807) is 0 Å². The fourth-order valence-electron chi connectivity index (χ4n) is 14.1. The maximum Gasteiger partial charge on any atom is 0.317 e. The SMILES string of the molecule is C[C@H]1CC[C@@]2(OC1)O[C@H]1CC3[C@@H]4CC[C@@H]5C[C@H](NC(=O)N(CCNC(=O)CN6CCN(C)CC6)C6CCCCC6)CC[C@]5(C)C4CC[C@]3(C)[C@H]1[C@@H]2C. The van der Waals surface area contributed by atoms with Crippen molar-refractivity contribution in [2.75, 3.05) is 59.5 Å². The van der Waals surface area contributed by atoms with Gasteiger partial charge in [0.25, 0.3) is 0 Å². The van der Waals surface area contributed by atoms with Gasteiger partial charge < -0.3 is 29.9 Å². The number of carbonyl (C=O) groups is 2. The first kappa shape index (κ1) is 37.5. The Kier molecular flexibility index (Phi) is 10.8. The van der Waals surface area contributed by atoms with Crippen molar-refractivity contribution in [1.82, 2.24) is 25.3 Å². The van der Waals surface area contributed by atoms with Gasteiger partial charge in [-0.05, 0) is 124 Å². The Morgan fingerprint density at radius 2 is 1.62 bits per heavy atom.